The van der Waals surface area contributed by atoms with Crippen LogP contribution in [0.5, 0.6) is 0 Å². The molecule has 12 heavy (non-hydrogen) atoms. The summed E-state index contributed by atoms with van der Waals surface area (Å²) >= 11 is 0. The molecule has 2 atom stereocenters. The molecule has 0 aliphatic rings. The fourth-order valence-electron chi connectivity index (χ4n) is 0.927. The Bertz CT molecular complexity index is 180. The molecular weight excluding hydrogens is 182 g/mol. The van der Waals surface area contributed by atoms with Gasteiger partial charge >= 0.3 is 0 Å². The van der Waals surface area contributed by atoms with Gasteiger partial charge in [-0.05, 0) is 31.2 Å². The lowest BCUT2D eigenvalue weighted by Crippen LogP contribution is -1.84. The van der Waals surface area contributed by atoms with Gasteiger partial charge in [0.05, 0.1) is 0 Å². The average molecular weight is 200 g/mol. The van der Waals surface area contributed by atoms with Gasteiger partial charge in [0.15, 0.2) is 0 Å². The quantitative estimate of drug-likeness (QED) is 0.456. The summed E-state index contributed by atoms with van der Waals surface area (Å²) in [6.07, 6.45) is 6.40. The van der Waals surface area contributed by atoms with Crippen molar-refractivity contribution >= 4 is 17.2 Å². The zero-order valence-electron chi connectivity index (χ0n) is 7.98. The van der Waals surface area contributed by atoms with Crippen molar-refractivity contribution in [1.82, 2.24) is 0 Å². The van der Waals surface area contributed by atoms with Crippen LogP contribution in [-0.2, 0) is 0 Å². The highest BCUT2D eigenvalue weighted by molar-refractivity contribution is 7.37. The van der Waals surface area contributed by atoms with Crippen molar-refractivity contribution in [2.75, 3.05) is 25.7 Å². The first-order valence-electron chi connectivity index (χ1n) is 4.04. The Morgan fingerprint density at radius 2 is 1.83 bits per heavy atom. The summed E-state index contributed by atoms with van der Waals surface area (Å²) in [6, 6.07) is 0. The second-order valence-corrected chi connectivity index (χ2v) is 4.76. The lowest BCUT2D eigenvalue weighted by molar-refractivity contribution is 1.47. The van der Waals surface area contributed by atoms with Gasteiger partial charge in [0, 0.05) is 0 Å². The zero-order chi connectivity index (χ0) is 9.40. The third-order valence-corrected chi connectivity index (χ3v) is 3.01. The number of rotatable bonds is 6. The molecular formula is C10H18P2. The third kappa shape index (κ3) is 5.70. The minimum atomic E-state index is 0.965. The molecule has 0 radical (unpaired) electrons. The predicted molar refractivity (Wildman–Crippen MR) is 65.6 cm³/mol. The summed E-state index contributed by atoms with van der Waals surface area (Å²) in [5.41, 5.74) is 2.57. The molecule has 0 N–H and O–H groups in total. The Balaban J connectivity index is 4.07. The Labute approximate surface area is 79.8 Å². The molecule has 2 unspecified atom stereocenters. The Kier molecular flexibility index (Phi) is 7.77. The Hall–Kier alpha value is 0.0800. The van der Waals surface area contributed by atoms with Crippen LogP contribution >= 0.6 is 17.2 Å². The van der Waals surface area contributed by atoms with Crippen LogP contribution in [-0.4, -0.2) is 25.7 Å². The van der Waals surface area contributed by atoms with Crippen molar-refractivity contribution in [1.29, 1.82) is 0 Å². The summed E-state index contributed by atoms with van der Waals surface area (Å²) in [7, 11) is 1.93. The van der Waals surface area contributed by atoms with Gasteiger partial charge in [-0.1, -0.05) is 30.9 Å². The molecule has 0 heterocycles. The van der Waals surface area contributed by atoms with Gasteiger partial charge in [0.1, 0.15) is 0 Å². The molecule has 0 nitrogen and oxygen atoms in total. The largest absolute Gasteiger partial charge is 0.121 e. The van der Waals surface area contributed by atoms with E-state index in [4.69, 9.17) is 0 Å². The van der Waals surface area contributed by atoms with Gasteiger partial charge in [0.2, 0.25) is 0 Å². The van der Waals surface area contributed by atoms with Crippen molar-refractivity contribution in [2.45, 2.75) is 0 Å². The molecule has 2 heteroatoms. The van der Waals surface area contributed by atoms with Crippen molar-refractivity contribution in [3.8, 4) is 0 Å². The average Bonchev–Trinajstić information content (AvgIpc) is 2.04. The SMILES string of the molecule is C=C/C(=C\C(=C)CPC)CPC. The van der Waals surface area contributed by atoms with Crippen LogP contribution in [0.2, 0.25) is 0 Å². The second kappa shape index (κ2) is 7.71. The molecule has 0 aromatic carbocycles. The van der Waals surface area contributed by atoms with Crippen molar-refractivity contribution in [3.63, 3.8) is 0 Å². The summed E-state index contributed by atoms with van der Waals surface area (Å²) < 4.78 is 0. The van der Waals surface area contributed by atoms with Gasteiger partial charge < -0.3 is 0 Å². The summed E-state index contributed by atoms with van der Waals surface area (Å²) in [4.78, 5) is 0. The van der Waals surface area contributed by atoms with Crippen LogP contribution < -0.4 is 0 Å². The first-order chi connectivity index (χ1) is 5.74. The van der Waals surface area contributed by atoms with Crippen LogP contribution in [0.25, 0.3) is 0 Å². The third-order valence-electron chi connectivity index (χ3n) is 1.44. The monoisotopic (exact) mass is 200 g/mol. The molecule has 0 aromatic heterocycles. The maximum Gasteiger partial charge on any atom is -0.0103 e. The molecule has 0 amide bonds. The van der Waals surface area contributed by atoms with Crippen LogP contribution in [0.1, 0.15) is 0 Å². The smallest absolute Gasteiger partial charge is 0.0103 e. The highest BCUT2D eigenvalue weighted by atomic mass is 31.1. The molecule has 0 saturated carbocycles. The van der Waals surface area contributed by atoms with Gasteiger partial charge in [-0.3, -0.25) is 0 Å². The lowest BCUT2D eigenvalue weighted by Gasteiger charge is -2.01. The number of hydrogen-bond donors (Lipinski definition) is 0. The molecule has 0 rings (SSSR count). The normalized spacial score (nSPS) is 13.3. The lowest BCUT2D eigenvalue weighted by atomic mass is 10.2. The summed E-state index contributed by atoms with van der Waals surface area (Å²) in [5.74, 6) is 0. The molecule has 0 bridgehead atoms. The molecule has 68 valence electrons. The fourth-order valence-corrected chi connectivity index (χ4v) is 2.14. The van der Waals surface area contributed by atoms with E-state index in [0.29, 0.717) is 0 Å². The number of allylic oxidation sites excluding steroid dienone is 4. The van der Waals surface area contributed by atoms with Crippen LogP contribution in [0.15, 0.2) is 36.5 Å². The van der Waals surface area contributed by atoms with Crippen molar-refractivity contribution < 1.29 is 0 Å². The van der Waals surface area contributed by atoms with Crippen molar-refractivity contribution in [3.05, 3.63) is 36.5 Å². The maximum absolute atomic E-state index is 4.00. The molecule has 0 aromatic rings. The molecule has 0 spiro atoms. The first kappa shape index (κ1) is 12.1. The molecule has 0 fully saturated rings. The van der Waals surface area contributed by atoms with Crippen LogP contribution in [0, 0.1) is 0 Å². The Morgan fingerprint density at radius 1 is 1.25 bits per heavy atom. The van der Waals surface area contributed by atoms with E-state index in [1.54, 1.807) is 0 Å². The molecule has 0 aliphatic carbocycles. The van der Waals surface area contributed by atoms with E-state index in [9.17, 15) is 0 Å². The minimum absolute atomic E-state index is 0.965. The zero-order valence-corrected chi connectivity index (χ0v) is 9.98. The van der Waals surface area contributed by atoms with E-state index < -0.39 is 0 Å². The van der Waals surface area contributed by atoms with E-state index in [2.05, 4.69) is 32.6 Å². The molecule has 0 saturated heterocycles. The predicted octanol–water partition coefficient (Wildman–Crippen LogP) is 3.27. The van der Waals surface area contributed by atoms with E-state index in [1.165, 1.54) is 11.1 Å². The van der Waals surface area contributed by atoms with Crippen LogP contribution in [0.4, 0.5) is 0 Å². The van der Waals surface area contributed by atoms with E-state index in [1.807, 2.05) is 6.08 Å². The highest BCUT2D eigenvalue weighted by Gasteiger charge is 1.91. The Morgan fingerprint density at radius 3 is 2.25 bits per heavy atom. The van der Waals surface area contributed by atoms with Gasteiger partial charge in [-0.25, -0.2) is 0 Å². The first-order valence-corrected chi connectivity index (χ1v) is 7.46. The number of hydrogen-bond acceptors (Lipinski definition) is 0. The van der Waals surface area contributed by atoms with Crippen molar-refractivity contribution in [2.24, 2.45) is 0 Å². The van der Waals surface area contributed by atoms with E-state index >= 15 is 0 Å². The second-order valence-electron chi connectivity index (χ2n) is 2.64. The van der Waals surface area contributed by atoms with E-state index in [-0.39, 0.29) is 0 Å². The topological polar surface area (TPSA) is 0 Å². The van der Waals surface area contributed by atoms with E-state index in [0.717, 1.165) is 29.5 Å². The fraction of sp³-hybridized carbons (Fsp3) is 0.400. The van der Waals surface area contributed by atoms with Gasteiger partial charge in [-0.2, -0.15) is 0 Å². The van der Waals surface area contributed by atoms with Gasteiger partial charge in [-0.15, -0.1) is 17.2 Å². The van der Waals surface area contributed by atoms with Crippen LogP contribution in [0.3, 0.4) is 0 Å². The van der Waals surface area contributed by atoms with Gasteiger partial charge in [0.25, 0.3) is 0 Å². The standard InChI is InChI=1S/C10H18P2/c1-5-10(8-12-4)6-9(2)7-11-3/h5-6,11-12H,1-2,7-8H2,3-4H3/b10-6+. The highest BCUT2D eigenvalue weighted by Crippen LogP contribution is 2.15. The molecule has 0 aliphatic heterocycles. The summed E-state index contributed by atoms with van der Waals surface area (Å²) in [6.45, 7) is 12.2. The minimum Gasteiger partial charge on any atom is -0.121 e. The maximum atomic E-state index is 4.00. The summed E-state index contributed by atoms with van der Waals surface area (Å²) in [5, 5.41) is 0.